The van der Waals surface area contributed by atoms with E-state index in [1.54, 1.807) is 6.20 Å². The van der Waals surface area contributed by atoms with Crippen molar-refractivity contribution in [3.05, 3.63) is 16.9 Å². The monoisotopic (exact) mass is 299 g/mol. The Morgan fingerprint density at radius 3 is 2.65 bits per heavy atom. The summed E-state index contributed by atoms with van der Waals surface area (Å²) in [5, 5.41) is 15.9. The molecule has 0 spiro atoms. The van der Waals surface area contributed by atoms with Crippen molar-refractivity contribution in [2.24, 2.45) is 5.41 Å². The van der Waals surface area contributed by atoms with Gasteiger partial charge >= 0.3 is 0 Å². The first-order valence-corrected chi connectivity index (χ1v) is 7.92. The third-order valence-corrected chi connectivity index (χ3v) is 5.03. The van der Waals surface area contributed by atoms with Gasteiger partial charge in [0.1, 0.15) is 6.10 Å². The van der Waals surface area contributed by atoms with Crippen molar-refractivity contribution in [1.82, 2.24) is 14.7 Å². The first-order chi connectivity index (χ1) is 9.50. The van der Waals surface area contributed by atoms with E-state index >= 15 is 0 Å². The molecule has 1 unspecified atom stereocenters. The summed E-state index contributed by atoms with van der Waals surface area (Å²) in [5.41, 5.74) is 0.789. The van der Waals surface area contributed by atoms with Gasteiger partial charge in [-0.2, -0.15) is 5.10 Å². The first kappa shape index (κ1) is 15.8. The van der Waals surface area contributed by atoms with Crippen LogP contribution < -0.4 is 0 Å². The van der Waals surface area contributed by atoms with Gasteiger partial charge in [0.25, 0.3) is 0 Å². The van der Waals surface area contributed by atoms with Crippen LogP contribution in [-0.4, -0.2) is 40.4 Å². The highest BCUT2D eigenvalue weighted by atomic mass is 35.5. The molecular formula is C15H26ClN3O. The molecule has 1 aliphatic rings. The molecule has 1 N–H and O–H groups in total. The Hall–Kier alpha value is -0.580. The molecule has 0 aromatic carbocycles. The van der Waals surface area contributed by atoms with Crippen LogP contribution in [0.3, 0.4) is 0 Å². The van der Waals surface area contributed by atoms with Crippen LogP contribution in [0.15, 0.2) is 6.20 Å². The summed E-state index contributed by atoms with van der Waals surface area (Å²) >= 11 is 6.30. The number of likely N-dealkylation sites (N-methyl/N-ethyl adjacent to an activating group) is 1. The van der Waals surface area contributed by atoms with Gasteiger partial charge in [0.15, 0.2) is 0 Å². The molecule has 0 saturated heterocycles. The molecule has 5 heteroatoms. The van der Waals surface area contributed by atoms with E-state index in [9.17, 15) is 5.11 Å². The van der Waals surface area contributed by atoms with Gasteiger partial charge in [-0.3, -0.25) is 4.68 Å². The molecule has 1 saturated carbocycles. The van der Waals surface area contributed by atoms with Gasteiger partial charge < -0.3 is 10.0 Å². The van der Waals surface area contributed by atoms with Gasteiger partial charge in [-0.1, -0.05) is 31.4 Å². The topological polar surface area (TPSA) is 41.3 Å². The van der Waals surface area contributed by atoms with Crippen LogP contribution in [0.4, 0.5) is 0 Å². The lowest BCUT2D eigenvalue weighted by Crippen LogP contribution is -2.29. The molecule has 0 bridgehead atoms. The highest BCUT2D eigenvalue weighted by Crippen LogP contribution is 2.50. The Kier molecular flexibility index (Phi) is 5.10. The molecule has 2 rings (SSSR count). The van der Waals surface area contributed by atoms with Crippen molar-refractivity contribution in [2.75, 3.05) is 20.6 Å². The standard InChI is InChI=1S/C15H26ClN3O/c1-4-15(7-5-6-8-15)14(20)13-12(16)11-17-19(13)10-9-18(2)3/h11,14,20H,4-10H2,1-3H3. The summed E-state index contributed by atoms with van der Waals surface area (Å²) in [4.78, 5) is 2.11. The van der Waals surface area contributed by atoms with Gasteiger partial charge in [0.05, 0.1) is 23.5 Å². The summed E-state index contributed by atoms with van der Waals surface area (Å²) < 4.78 is 1.88. The molecule has 1 atom stereocenters. The fourth-order valence-electron chi connectivity index (χ4n) is 3.31. The zero-order chi connectivity index (χ0) is 14.8. The second-order valence-electron chi connectivity index (χ2n) is 6.23. The molecule has 4 nitrogen and oxygen atoms in total. The molecule has 1 aliphatic carbocycles. The van der Waals surface area contributed by atoms with Gasteiger partial charge in [-0.05, 0) is 33.4 Å². The van der Waals surface area contributed by atoms with Crippen molar-refractivity contribution in [2.45, 2.75) is 51.7 Å². The van der Waals surface area contributed by atoms with E-state index in [0.717, 1.165) is 38.0 Å². The minimum atomic E-state index is -0.507. The SMILES string of the molecule is CCC1(C(O)c2c(Cl)cnn2CCN(C)C)CCCC1. The number of halogens is 1. The Morgan fingerprint density at radius 2 is 2.10 bits per heavy atom. The van der Waals surface area contributed by atoms with Gasteiger partial charge in [0.2, 0.25) is 0 Å². The zero-order valence-corrected chi connectivity index (χ0v) is 13.5. The highest BCUT2D eigenvalue weighted by molar-refractivity contribution is 6.31. The van der Waals surface area contributed by atoms with Crippen LogP contribution in [-0.2, 0) is 6.54 Å². The lowest BCUT2D eigenvalue weighted by atomic mass is 9.76. The quantitative estimate of drug-likeness (QED) is 0.877. The minimum absolute atomic E-state index is 0.0143. The summed E-state index contributed by atoms with van der Waals surface area (Å²) in [7, 11) is 4.07. The lowest BCUT2D eigenvalue weighted by molar-refractivity contribution is 0.0168. The van der Waals surface area contributed by atoms with Crippen molar-refractivity contribution in [1.29, 1.82) is 0 Å². The molecule has 1 heterocycles. The molecule has 0 radical (unpaired) electrons. The number of nitrogens with zero attached hydrogens (tertiary/aromatic N) is 3. The van der Waals surface area contributed by atoms with Crippen molar-refractivity contribution >= 4 is 11.6 Å². The molecular weight excluding hydrogens is 274 g/mol. The van der Waals surface area contributed by atoms with Crippen LogP contribution in [0.1, 0.15) is 50.8 Å². The van der Waals surface area contributed by atoms with E-state index in [0.29, 0.717) is 5.02 Å². The van der Waals surface area contributed by atoms with Gasteiger partial charge in [-0.25, -0.2) is 0 Å². The third-order valence-electron chi connectivity index (χ3n) is 4.73. The van der Waals surface area contributed by atoms with E-state index in [2.05, 4.69) is 16.9 Å². The Labute approximate surface area is 126 Å². The van der Waals surface area contributed by atoms with E-state index in [1.165, 1.54) is 12.8 Å². The van der Waals surface area contributed by atoms with Gasteiger partial charge in [-0.15, -0.1) is 0 Å². The number of rotatable bonds is 6. The van der Waals surface area contributed by atoms with E-state index < -0.39 is 6.10 Å². The smallest absolute Gasteiger partial charge is 0.103 e. The molecule has 1 aromatic heterocycles. The molecule has 1 fully saturated rings. The number of hydrogen-bond acceptors (Lipinski definition) is 3. The second-order valence-corrected chi connectivity index (χ2v) is 6.64. The van der Waals surface area contributed by atoms with Gasteiger partial charge in [0, 0.05) is 12.0 Å². The van der Waals surface area contributed by atoms with Crippen molar-refractivity contribution in [3.8, 4) is 0 Å². The summed E-state index contributed by atoms with van der Waals surface area (Å²) in [6.07, 6.45) is 6.71. The summed E-state index contributed by atoms with van der Waals surface area (Å²) in [5.74, 6) is 0. The lowest BCUT2D eigenvalue weighted by Gasteiger charge is -2.33. The number of hydrogen-bond donors (Lipinski definition) is 1. The largest absolute Gasteiger partial charge is 0.386 e. The molecule has 0 aliphatic heterocycles. The second kappa shape index (κ2) is 6.46. The third kappa shape index (κ3) is 3.02. The van der Waals surface area contributed by atoms with Crippen molar-refractivity contribution < 1.29 is 5.11 Å². The maximum Gasteiger partial charge on any atom is 0.103 e. The maximum absolute atomic E-state index is 10.9. The molecule has 114 valence electrons. The zero-order valence-electron chi connectivity index (χ0n) is 12.8. The first-order valence-electron chi connectivity index (χ1n) is 7.54. The Morgan fingerprint density at radius 1 is 1.45 bits per heavy atom. The van der Waals surface area contributed by atoms with E-state index in [4.69, 9.17) is 11.6 Å². The predicted molar refractivity (Wildman–Crippen MR) is 81.9 cm³/mol. The Bertz CT molecular complexity index is 438. The minimum Gasteiger partial charge on any atom is -0.386 e. The van der Waals surface area contributed by atoms with Crippen LogP contribution >= 0.6 is 11.6 Å². The van der Waals surface area contributed by atoms with Crippen LogP contribution in [0.25, 0.3) is 0 Å². The van der Waals surface area contributed by atoms with E-state index in [-0.39, 0.29) is 5.41 Å². The average Bonchev–Trinajstić information content (AvgIpc) is 3.03. The maximum atomic E-state index is 10.9. The molecule has 1 aromatic rings. The number of aromatic nitrogens is 2. The van der Waals surface area contributed by atoms with E-state index in [1.807, 2.05) is 18.8 Å². The summed E-state index contributed by atoms with van der Waals surface area (Å²) in [6.45, 7) is 3.81. The average molecular weight is 300 g/mol. The van der Waals surface area contributed by atoms with Crippen LogP contribution in [0.2, 0.25) is 5.02 Å². The Balaban J connectivity index is 2.24. The fourth-order valence-corrected chi connectivity index (χ4v) is 3.55. The number of aliphatic hydroxyl groups excluding tert-OH is 1. The normalized spacial score (nSPS) is 19.7. The molecule has 20 heavy (non-hydrogen) atoms. The van der Waals surface area contributed by atoms with Crippen LogP contribution in [0, 0.1) is 5.41 Å². The highest BCUT2D eigenvalue weighted by Gasteiger charge is 2.42. The predicted octanol–water partition coefficient (Wildman–Crippen LogP) is 3.10. The van der Waals surface area contributed by atoms with Crippen LogP contribution in [0.5, 0.6) is 0 Å². The number of aliphatic hydroxyl groups is 1. The van der Waals surface area contributed by atoms with Crippen molar-refractivity contribution in [3.63, 3.8) is 0 Å². The fraction of sp³-hybridized carbons (Fsp3) is 0.800. The summed E-state index contributed by atoms with van der Waals surface area (Å²) in [6, 6.07) is 0. The molecule has 0 amide bonds.